The molecule has 160 valence electrons. The fraction of sp³-hybridized carbons (Fsp3) is 0.208. The Labute approximate surface area is 179 Å². The summed E-state index contributed by atoms with van der Waals surface area (Å²) in [6, 6.07) is 11.9. The maximum atomic E-state index is 14.6. The van der Waals surface area contributed by atoms with Gasteiger partial charge in [-0.2, -0.15) is 4.39 Å². The summed E-state index contributed by atoms with van der Waals surface area (Å²) in [6.07, 6.45) is 1.84. The molecule has 0 bridgehead atoms. The van der Waals surface area contributed by atoms with Gasteiger partial charge in [-0.1, -0.05) is 25.1 Å². The quantitative estimate of drug-likeness (QED) is 0.432. The second kappa shape index (κ2) is 9.47. The fourth-order valence-corrected chi connectivity index (χ4v) is 3.27. The molecular formula is C24H22F2N2O3. The van der Waals surface area contributed by atoms with Crippen molar-refractivity contribution in [1.29, 1.82) is 0 Å². The number of anilines is 1. The molecule has 1 heterocycles. The lowest BCUT2D eigenvalue weighted by molar-refractivity contribution is -0.118. The maximum absolute atomic E-state index is 14.6. The number of carbonyl (C=O) groups excluding carboxylic acids is 2. The lowest BCUT2D eigenvalue weighted by Gasteiger charge is -2.18. The summed E-state index contributed by atoms with van der Waals surface area (Å²) in [5, 5.41) is 10.4. The molecule has 7 heteroatoms. The fourth-order valence-electron chi connectivity index (χ4n) is 3.27. The maximum Gasteiger partial charge on any atom is 0.226 e. The number of halogens is 2. The van der Waals surface area contributed by atoms with Gasteiger partial charge in [0.2, 0.25) is 11.9 Å². The number of hydrogen-bond donors (Lipinski definition) is 1. The summed E-state index contributed by atoms with van der Waals surface area (Å²) in [7, 11) is 1.50. The van der Waals surface area contributed by atoms with Crippen LogP contribution in [0.1, 0.15) is 35.7 Å². The number of hydrogen-bond acceptors (Lipinski definition) is 4. The molecule has 1 amide bonds. The van der Waals surface area contributed by atoms with E-state index in [4.69, 9.17) is 0 Å². The average Bonchev–Trinajstić information content (AvgIpc) is 2.77. The van der Waals surface area contributed by atoms with Gasteiger partial charge in [-0.25, -0.2) is 9.37 Å². The van der Waals surface area contributed by atoms with E-state index in [0.717, 1.165) is 0 Å². The number of rotatable bonds is 7. The van der Waals surface area contributed by atoms with Crippen LogP contribution in [-0.2, 0) is 11.2 Å². The van der Waals surface area contributed by atoms with Crippen LogP contribution in [0.4, 0.5) is 14.5 Å². The summed E-state index contributed by atoms with van der Waals surface area (Å²) in [4.78, 5) is 29.0. The lowest BCUT2D eigenvalue weighted by Crippen LogP contribution is -2.25. The molecule has 0 spiro atoms. The van der Waals surface area contributed by atoms with Crippen molar-refractivity contribution in [3.63, 3.8) is 0 Å². The number of nitrogens with zero attached hydrogens (tertiary/aromatic N) is 2. The Hall–Kier alpha value is -3.61. The van der Waals surface area contributed by atoms with Crippen LogP contribution in [0.3, 0.4) is 0 Å². The lowest BCUT2D eigenvalue weighted by atomic mass is 9.98. The van der Waals surface area contributed by atoms with E-state index in [2.05, 4.69) is 4.98 Å². The molecule has 0 atom stereocenters. The van der Waals surface area contributed by atoms with Crippen molar-refractivity contribution < 1.29 is 23.5 Å². The van der Waals surface area contributed by atoms with Gasteiger partial charge < -0.3 is 10.0 Å². The highest BCUT2D eigenvalue weighted by atomic mass is 19.1. The zero-order valence-corrected chi connectivity index (χ0v) is 17.2. The van der Waals surface area contributed by atoms with Crippen LogP contribution in [0.15, 0.2) is 54.7 Å². The van der Waals surface area contributed by atoms with E-state index in [0.29, 0.717) is 16.7 Å². The van der Waals surface area contributed by atoms with Gasteiger partial charge in [-0.3, -0.25) is 9.59 Å². The first-order valence-corrected chi connectivity index (χ1v) is 9.84. The first kappa shape index (κ1) is 22.1. The van der Waals surface area contributed by atoms with Crippen molar-refractivity contribution in [2.24, 2.45) is 0 Å². The van der Waals surface area contributed by atoms with Crippen LogP contribution in [0.5, 0.6) is 5.75 Å². The highest BCUT2D eigenvalue weighted by molar-refractivity contribution is 5.97. The molecule has 1 N–H and O–H groups in total. The Bertz CT molecular complexity index is 1130. The molecule has 31 heavy (non-hydrogen) atoms. The van der Waals surface area contributed by atoms with Crippen molar-refractivity contribution in [3.8, 4) is 16.9 Å². The average molecular weight is 424 g/mol. The highest BCUT2D eigenvalue weighted by Crippen LogP contribution is 2.33. The first-order valence-electron chi connectivity index (χ1n) is 9.84. The van der Waals surface area contributed by atoms with Crippen LogP contribution in [-0.4, -0.2) is 28.8 Å². The number of phenolic OH excluding ortho intramolecular Hbond substituents is 1. The summed E-state index contributed by atoms with van der Waals surface area (Å²) < 4.78 is 28.2. The van der Waals surface area contributed by atoms with Gasteiger partial charge in [-0.05, 0) is 42.3 Å². The normalized spacial score (nSPS) is 10.7. The summed E-state index contributed by atoms with van der Waals surface area (Å²) in [6.45, 7) is 1.69. The molecule has 2 aromatic carbocycles. The van der Waals surface area contributed by atoms with Crippen LogP contribution in [0.25, 0.3) is 11.1 Å². The summed E-state index contributed by atoms with van der Waals surface area (Å²) in [5.74, 6) is -1.86. The van der Waals surface area contributed by atoms with Crippen LogP contribution >= 0.6 is 0 Å². The third-order valence-corrected chi connectivity index (χ3v) is 5.07. The number of Topliss-reactive ketones (excluding diaryl/α,β-unsaturated/α-hetero) is 1. The molecule has 0 unspecified atom stereocenters. The Kier molecular flexibility index (Phi) is 6.74. The van der Waals surface area contributed by atoms with E-state index in [1.165, 1.54) is 48.5 Å². The molecule has 0 aliphatic carbocycles. The first-order chi connectivity index (χ1) is 14.8. The van der Waals surface area contributed by atoms with E-state index in [-0.39, 0.29) is 48.0 Å². The van der Waals surface area contributed by atoms with Crippen LogP contribution < -0.4 is 4.90 Å². The zero-order valence-electron chi connectivity index (χ0n) is 17.2. The molecule has 3 aromatic rings. The number of phenols is 1. The molecule has 5 nitrogen and oxygen atoms in total. The number of aromatic nitrogens is 1. The molecule has 3 rings (SSSR count). The van der Waals surface area contributed by atoms with Gasteiger partial charge in [0, 0.05) is 42.8 Å². The van der Waals surface area contributed by atoms with Crippen molar-refractivity contribution in [1.82, 2.24) is 4.98 Å². The van der Waals surface area contributed by atoms with E-state index in [1.54, 1.807) is 25.1 Å². The molecule has 0 radical (unpaired) electrons. The largest absolute Gasteiger partial charge is 0.507 e. The number of benzene rings is 2. The standard InChI is InChI=1S/C24H22F2N2O3/c1-3-23(31)28(2)20-10-7-16(13-19(20)25)18-9-6-17(14-22(18)30)21(29)11-8-15-5-4-12-27-24(15)26/h4-7,9-10,12-14,30H,3,8,11H2,1-2H3. The van der Waals surface area contributed by atoms with E-state index < -0.39 is 11.8 Å². The zero-order chi connectivity index (χ0) is 22.5. The predicted octanol–water partition coefficient (Wildman–Crippen LogP) is 4.92. The second-order valence-corrected chi connectivity index (χ2v) is 7.08. The van der Waals surface area contributed by atoms with Crippen molar-refractivity contribution in [3.05, 3.63) is 77.6 Å². The third kappa shape index (κ3) is 4.94. The minimum Gasteiger partial charge on any atom is -0.507 e. The van der Waals surface area contributed by atoms with E-state index in [1.807, 2.05) is 0 Å². The molecule has 0 fully saturated rings. The smallest absolute Gasteiger partial charge is 0.226 e. The molecule has 1 aromatic heterocycles. The van der Waals surface area contributed by atoms with Crippen molar-refractivity contribution in [2.75, 3.05) is 11.9 Å². The van der Waals surface area contributed by atoms with Crippen molar-refractivity contribution >= 4 is 17.4 Å². The number of pyridine rings is 1. The van der Waals surface area contributed by atoms with E-state index in [9.17, 15) is 23.5 Å². The summed E-state index contributed by atoms with van der Waals surface area (Å²) >= 11 is 0. The van der Waals surface area contributed by atoms with Crippen LogP contribution in [0.2, 0.25) is 0 Å². The van der Waals surface area contributed by atoms with Gasteiger partial charge in [0.05, 0.1) is 5.69 Å². The van der Waals surface area contributed by atoms with Gasteiger partial charge in [-0.15, -0.1) is 0 Å². The van der Waals surface area contributed by atoms with E-state index >= 15 is 0 Å². The molecular weight excluding hydrogens is 402 g/mol. The number of ketones is 1. The Balaban J connectivity index is 1.77. The second-order valence-electron chi connectivity index (χ2n) is 7.08. The van der Waals surface area contributed by atoms with Crippen LogP contribution in [0, 0.1) is 11.8 Å². The van der Waals surface area contributed by atoms with Gasteiger partial charge in [0.25, 0.3) is 0 Å². The number of amides is 1. The number of carbonyl (C=O) groups is 2. The molecule has 0 saturated heterocycles. The minimum atomic E-state index is -0.606. The molecule has 0 aliphatic heterocycles. The summed E-state index contributed by atoms with van der Waals surface area (Å²) in [5.41, 5.74) is 1.52. The Morgan fingerprint density at radius 1 is 1.10 bits per heavy atom. The molecule has 0 saturated carbocycles. The van der Waals surface area contributed by atoms with Gasteiger partial charge >= 0.3 is 0 Å². The van der Waals surface area contributed by atoms with Gasteiger partial charge in [0.1, 0.15) is 11.6 Å². The Morgan fingerprint density at radius 3 is 2.52 bits per heavy atom. The monoisotopic (exact) mass is 424 g/mol. The third-order valence-electron chi connectivity index (χ3n) is 5.07. The molecule has 0 aliphatic rings. The van der Waals surface area contributed by atoms with Crippen molar-refractivity contribution in [2.45, 2.75) is 26.2 Å². The minimum absolute atomic E-state index is 0.0581. The SMILES string of the molecule is CCC(=O)N(C)c1ccc(-c2ccc(C(=O)CCc3cccnc3F)cc2O)cc1F. The van der Waals surface area contributed by atoms with Gasteiger partial charge in [0.15, 0.2) is 5.78 Å². The number of aryl methyl sites for hydroxylation is 1. The topological polar surface area (TPSA) is 70.5 Å². The predicted molar refractivity (Wildman–Crippen MR) is 114 cm³/mol. The number of aromatic hydroxyl groups is 1. The Morgan fingerprint density at radius 2 is 1.87 bits per heavy atom. The highest BCUT2D eigenvalue weighted by Gasteiger charge is 2.16.